The topological polar surface area (TPSA) is 241 Å². The number of carbonyl (C=O) groups excluding carboxylic acids is 7. The van der Waals surface area contributed by atoms with Gasteiger partial charge in [0.1, 0.15) is 23.6 Å². The van der Waals surface area contributed by atoms with Crippen LogP contribution >= 0.6 is 0 Å². The number of benzene rings is 2. The molecule has 1 heterocycles. The highest BCUT2D eigenvalue weighted by Crippen LogP contribution is 2.38. The van der Waals surface area contributed by atoms with Crippen LogP contribution in [0.25, 0.3) is 11.1 Å². The van der Waals surface area contributed by atoms with E-state index in [1.54, 1.807) is 0 Å². The van der Waals surface area contributed by atoms with Crippen LogP contribution in [0.3, 0.4) is 0 Å². The van der Waals surface area contributed by atoms with Crippen molar-refractivity contribution in [3.63, 3.8) is 0 Å². The molecule has 1 aliphatic heterocycles. The van der Waals surface area contributed by atoms with Crippen molar-refractivity contribution < 1.29 is 43.8 Å². The minimum Gasteiger partial charge on any atom is -0.507 e. The molecule has 8 N–H and O–H groups in total. The Morgan fingerprint density at radius 1 is 1.00 bits per heavy atom. The molecule has 2 atom stereocenters. The van der Waals surface area contributed by atoms with E-state index in [0.29, 0.717) is 12.0 Å². The summed E-state index contributed by atoms with van der Waals surface area (Å²) in [5, 5.41) is 31.0. The number of hydrogen-bond acceptors (Lipinski definition) is 9. The Morgan fingerprint density at radius 2 is 1.66 bits per heavy atom. The van der Waals surface area contributed by atoms with Gasteiger partial charge in [0.25, 0.3) is 0 Å². The third-order valence-electron chi connectivity index (χ3n) is 6.80. The van der Waals surface area contributed by atoms with Gasteiger partial charge in [-0.1, -0.05) is 12.1 Å². The van der Waals surface area contributed by atoms with Crippen molar-refractivity contribution in [1.82, 2.24) is 31.1 Å². The zero-order chi connectivity index (χ0) is 32.6. The molecule has 2 aromatic rings. The summed E-state index contributed by atoms with van der Waals surface area (Å²) in [6.07, 6.45) is 0.202. The maximum atomic E-state index is 13.4. The van der Waals surface area contributed by atoms with E-state index < -0.39 is 67.2 Å². The number of likely N-dealkylation sites (N-methyl/N-ethyl adjacent to an activating group) is 2. The number of amides is 7. The van der Waals surface area contributed by atoms with E-state index in [1.165, 1.54) is 50.5 Å². The molecule has 0 spiro atoms. The maximum Gasteiger partial charge on any atom is 0.247 e. The van der Waals surface area contributed by atoms with Crippen molar-refractivity contribution in [3.8, 4) is 22.6 Å². The van der Waals surface area contributed by atoms with Crippen LogP contribution in [0.1, 0.15) is 17.2 Å². The second kappa shape index (κ2) is 14.5. The number of nitrogens with two attached hydrogens (primary N) is 1. The zero-order valence-corrected chi connectivity index (χ0v) is 24.0. The smallest absolute Gasteiger partial charge is 0.247 e. The van der Waals surface area contributed by atoms with E-state index in [0.717, 1.165) is 9.80 Å². The molecule has 16 nitrogen and oxygen atoms in total. The van der Waals surface area contributed by atoms with Gasteiger partial charge >= 0.3 is 0 Å². The number of nitrogens with one attached hydrogen (secondary N) is 4. The van der Waals surface area contributed by atoms with Gasteiger partial charge in [-0.2, -0.15) is 0 Å². The number of carbonyl (C=O) groups is 7. The van der Waals surface area contributed by atoms with Crippen molar-refractivity contribution in [2.24, 2.45) is 5.73 Å². The number of primary amides is 1. The van der Waals surface area contributed by atoms with Crippen LogP contribution in [0, 0.1) is 0 Å². The number of nitrogens with zero attached hydrogens (tertiary/aromatic N) is 2. The number of phenolic OH excluding ortho intramolecular Hbond substituents is 2. The lowest BCUT2D eigenvalue weighted by Crippen LogP contribution is -2.53. The molecule has 2 unspecified atom stereocenters. The molecule has 44 heavy (non-hydrogen) atoms. The Kier molecular flexibility index (Phi) is 10.8. The third kappa shape index (κ3) is 8.21. The van der Waals surface area contributed by atoms with Gasteiger partial charge in [-0.05, 0) is 35.4 Å². The Morgan fingerprint density at radius 3 is 2.32 bits per heavy atom. The standard InChI is InChI=1S/C28H33N7O9/c1-34(13-22(29)39)24(41)12-32-27(43)19-8-15-3-5-20(37)17(7-15)18-9-16(4-6-21(18)38)26(28(44)31-10-23(40)33-19)35(2)25(42)11-30-14-36/h3-7,9,14,19,26,37-38H,8,10-13H2,1-2H3,(H2,29,39)(H,30,36)(H,31,44)(H,32,43)(H,33,40). The first-order valence-electron chi connectivity index (χ1n) is 13.3. The summed E-state index contributed by atoms with van der Waals surface area (Å²) in [4.78, 5) is 88.3. The lowest BCUT2D eigenvalue weighted by Gasteiger charge is -2.28. The van der Waals surface area contributed by atoms with Crippen LogP contribution in [-0.2, 0) is 40.0 Å². The molecule has 0 fully saturated rings. The Balaban J connectivity index is 2.01. The molecule has 16 heteroatoms. The molecular weight excluding hydrogens is 578 g/mol. The zero-order valence-electron chi connectivity index (χ0n) is 24.0. The molecule has 234 valence electrons. The molecule has 7 amide bonds. The second-order valence-electron chi connectivity index (χ2n) is 10.0. The van der Waals surface area contributed by atoms with Crippen LogP contribution in [0.2, 0.25) is 0 Å². The van der Waals surface area contributed by atoms with Gasteiger partial charge < -0.3 is 47.0 Å². The highest BCUT2D eigenvalue weighted by molar-refractivity contribution is 5.95. The summed E-state index contributed by atoms with van der Waals surface area (Å²) < 4.78 is 0. The van der Waals surface area contributed by atoms with Gasteiger partial charge in [-0.3, -0.25) is 33.6 Å². The van der Waals surface area contributed by atoms with Crippen molar-refractivity contribution >= 4 is 41.9 Å². The molecule has 0 saturated heterocycles. The fraction of sp³-hybridized carbons (Fsp3) is 0.321. The average molecular weight is 612 g/mol. The molecule has 0 aliphatic carbocycles. The lowest BCUT2D eigenvalue weighted by atomic mass is 9.94. The first-order chi connectivity index (χ1) is 20.8. The number of hydrogen-bond donors (Lipinski definition) is 7. The van der Waals surface area contributed by atoms with Gasteiger partial charge in [0.15, 0.2) is 0 Å². The molecule has 0 aromatic heterocycles. The van der Waals surface area contributed by atoms with Gasteiger partial charge in [0.2, 0.25) is 41.9 Å². The predicted octanol–water partition coefficient (Wildman–Crippen LogP) is -2.77. The molecule has 0 saturated carbocycles. The molecule has 4 bridgehead atoms. The minimum atomic E-state index is -1.33. The summed E-state index contributed by atoms with van der Waals surface area (Å²) in [6, 6.07) is 5.79. The van der Waals surface area contributed by atoms with Crippen LogP contribution in [0.4, 0.5) is 0 Å². The lowest BCUT2D eigenvalue weighted by molar-refractivity contribution is -0.139. The molecule has 2 aromatic carbocycles. The maximum absolute atomic E-state index is 13.4. The normalized spacial score (nSPS) is 16.3. The number of fused-ring (bicyclic) bond motifs is 5. The van der Waals surface area contributed by atoms with Crippen LogP contribution < -0.4 is 27.0 Å². The largest absolute Gasteiger partial charge is 0.507 e. The molecule has 1 aliphatic rings. The quantitative estimate of drug-likeness (QED) is 0.145. The van der Waals surface area contributed by atoms with Crippen molar-refractivity contribution in [2.75, 3.05) is 40.3 Å². The van der Waals surface area contributed by atoms with Gasteiger partial charge in [0, 0.05) is 31.6 Å². The molecule has 3 rings (SSSR count). The monoisotopic (exact) mass is 611 g/mol. The third-order valence-corrected chi connectivity index (χ3v) is 6.80. The summed E-state index contributed by atoms with van der Waals surface area (Å²) >= 11 is 0. The summed E-state index contributed by atoms with van der Waals surface area (Å²) in [6.45, 7) is -1.89. The van der Waals surface area contributed by atoms with Crippen molar-refractivity contribution in [2.45, 2.75) is 18.5 Å². The fourth-order valence-electron chi connectivity index (χ4n) is 4.51. The van der Waals surface area contributed by atoms with Gasteiger partial charge in [0.05, 0.1) is 26.2 Å². The summed E-state index contributed by atoms with van der Waals surface area (Å²) in [5.74, 6) is -4.84. The SMILES string of the molecule is CN(CC(N)=O)C(=O)CNC(=O)C1Cc2ccc(O)c(c2)-c2cc(ccc2O)C(N(C)C(=O)CNC=O)C(=O)NCC(=O)N1. The van der Waals surface area contributed by atoms with E-state index in [2.05, 4.69) is 21.3 Å². The number of rotatable bonds is 9. The summed E-state index contributed by atoms with van der Waals surface area (Å²) in [7, 11) is 2.64. The Bertz CT molecular complexity index is 1480. The van der Waals surface area contributed by atoms with E-state index in [1.807, 2.05) is 0 Å². The van der Waals surface area contributed by atoms with Gasteiger partial charge in [-0.25, -0.2) is 0 Å². The average Bonchev–Trinajstić information content (AvgIpc) is 2.98. The predicted molar refractivity (Wildman–Crippen MR) is 153 cm³/mol. The van der Waals surface area contributed by atoms with Crippen molar-refractivity contribution in [3.05, 3.63) is 47.5 Å². The molecular formula is C28H33N7O9. The number of phenols is 2. The fourth-order valence-corrected chi connectivity index (χ4v) is 4.51. The van der Waals surface area contributed by atoms with E-state index in [4.69, 9.17) is 5.73 Å². The van der Waals surface area contributed by atoms with Crippen molar-refractivity contribution in [1.29, 1.82) is 0 Å². The number of aromatic hydroxyl groups is 2. The van der Waals surface area contributed by atoms with Gasteiger partial charge in [-0.15, -0.1) is 0 Å². The van der Waals surface area contributed by atoms with E-state index in [-0.39, 0.29) is 41.2 Å². The van der Waals surface area contributed by atoms with Crippen LogP contribution in [-0.4, -0.2) is 108 Å². The van der Waals surface area contributed by atoms with E-state index >= 15 is 0 Å². The highest BCUT2D eigenvalue weighted by atomic mass is 16.3. The summed E-state index contributed by atoms with van der Waals surface area (Å²) in [5.41, 5.74) is 6.01. The Labute approximate surface area is 251 Å². The first kappa shape index (κ1) is 32.8. The van der Waals surface area contributed by atoms with Crippen LogP contribution in [0.15, 0.2) is 36.4 Å². The van der Waals surface area contributed by atoms with E-state index in [9.17, 15) is 43.8 Å². The molecule has 0 radical (unpaired) electrons. The minimum absolute atomic E-state index is 0.108. The highest BCUT2D eigenvalue weighted by Gasteiger charge is 2.31. The van der Waals surface area contributed by atoms with Crippen LogP contribution in [0.5, 0.6) is 11.5 Å². The Hall–Kier alpha value is -5.67. The first-order valence-corrected chi connectivity index (χ1v) is 13.3. The second-order valence-corrected chi connectivity index (χ2v) is 10.0.